The summed E-state index contributed by atoms with van der Waals surface area (Å²) in [6.45, 7) is 1.98. The topological polar surface area (TPSA) is 46.5 Å². The summed E-state index contributed by atoms with van der Waals surface area (Å²) in [7, 11) is 1.59. The normalized spacial score (nSPS) is 12.0. The Balaban J connectivity index is 2.20. The smallest absolute Gasteiger partial charge is 0.317 e. The van der Waals surface area contributed by atoms with E-state index in [1.54, 1.807) is 19.2 Å². The van der Waals surface area contributed by atoms with Crippen molar-refractivity contribution in [1.29, 1.82) is 0 Å². The van der Waals surface area contributed by atoms with E-state index in [0.29, 0.717) is 17.2 Å². The predicted octanol–water partition coefficient (Wildman–Crippen LogP) is 4.45. The predicted molar refractivity (Wildman–Crippen MR) is 90.2 cm³/mol. The highest BCUT2D eigenvalue weighted by Gasteiger charge is 2.21. The van der Waals surface area contributed by atoms with Gasteiger partial charge in [0.05, 0.1) is 7.11 Å². The third kappa shape index (κ3) is 4.42. The number of ether oxygens (including phenoxy) is 1. The Labute approximate surface area is 139 Å². The molecule has 0 aliphatic heterocycles. The molecule has 0 amide bonds. The molecule has 2 aromatic rings. The molecule has 0 aliphatic carbocycles. The summed E-state index contributed by atoms with van der Waals surface area (Å²) >= 11 is 7.17. The van der Waals surface area contributed by atoms with Crippen LogP contribution in [0.3, 0.4) is 0 Å². The van der Waals surface area contributed by atoms with E-state index in [1.165, 1.54) is 11.8 Å². The molecule has 1 atom stereocenters. The molecule has 116 valence electrons. The van der Waals surface area contributed by atoms with Gasteiger partial charge in [0.15, 0.2) is 0 Å². The molecule has 0 heterocycles. The zero-order valence-electron chi connectivity index (χ0n) is 12.4. The molecule has 0 unspecified atom stereocenters. The van der Waals surface area contributed by atoms with Crippen LogP contribution in [0.2, 0.25) is 5.02 Å². The average Bonchev–Trinajstić information content (AvgIpc) is 2.49. The molecule has 22 heavy (non-hydrogen) atoms. The Morgan fingerprint density at radius 3 is 2.55 bits per heavy atom. The van der Waals surface area contributed by atoms with Gasteiger partial charge in [-0.25, -0.2) is 0 Å². The Morgan fingerprint density at radius 1 is 1.27 bits per heavy atom. The van der Waals surface area contributed by atoms with Gasteiger partial charge in [-0.1, -0.05) is 29.3 Å². The lowest BCUT2D eigenvalue weighted by atomic mass is 10.1. The maximum Gasteiger partial charge on any atom is 0.317 e. The number of methoxy groups -OCH3 is 1. The molecule has 0 saturated heterocycles. The zero-order valence-corrected chi connectivity index (χ0v) is 13.9. The summed E-state index contributed by atoms with van der Waals surface area (Å²) in [5.41, 5.74) is 1.98. The number of rotatable bonds is 6. The molecule has 5 heteroatoms. The van der Waals surface area contributed by atoms with Gasteiger partial charge in [-0.05, 0) is 49.2 Å². The number of benzene rings is 2. The van der Waals surface area contributed by atoms with E-state index in [2.05, 4.69) is 0 Å². The first-order valence-corrected chi connectivity index (χ1v) is 8.04. The second-order valence-corrected chi connectivity index (χ2v) is 6.63. The van der Waals surface area contributed by atoms with Crippen LogP contribution < -0.4 is 4.74 Å². The van der Waals surface area contributed by atoms with Gasteiger partial charge in [-0.15, -0.1) is 11.8 Å². The van der Waals surface area contributed by atoms with Crippen LogP contribution in [0.4, 0.5) is 0 Å². The van der Waals surface area contributed by atoms with Gasteiger partial charge in [-0.3, -0.25) is 4.79 Å². The van der Waals surface area contributed by atoms with Crippen molar-refractivity contribution < 1.29 is 14.6 Å². The van der Waals surface area contributed by atoms with Crippen LogP contribution in [0.15, 0.2) is 47.4 Å². The first-order chi connectivity index (χ1) is 10.5. The van der Waals surface area contributed by atoms with Gasteiger partial charge in [-0.2, -0.15) is 0 Å². The summed E-state index contributed by atoms with van der Waals surface area (Å²) in [4.78, 5) is 12.5. The zero-order chi connectivity index (χ0) is 16.1. The maximum absolute atomic E-state index is 11.6. The number of thioether (sulfide) groups is 1. The minimum Gasteiger partial charge on any atom is -0.496 e. The largest absolute Gasteiger partial charge is 0.496 e. The average molecular weight is 337 g/mol. The van der Waals surface area contributed by atoms with Crippen LogP contribution in [-0.4, -0.2) is 23.4 Å². The highest BCUT2D eigenvalue weighted by Crippen LogP contribution is 2.30. The van der Waals surface area contributed by atoms with Gasteiger partial charge in [0.2, 0.25) is 0 Å². The fourth-order valence-corrected chi connectivity index (χ4v) is 3.23. The summed E-state index contributed by atoms with van der Waals surface area (Å²) < 4.78 is 5.33. The molecule has 3 nitrogen and oxygen atoms in total. The third-order valence-corrected chi connectivity index (χ3v) is 4.66. The summed E-state index contributed by atoms with van der Waals surface area (Å²) in [6, 6.07) is 13.0. The van der Waals surface area contributed by atoms with Crippen LogP contribution in [0.5, 0.6) is 5.75 Å². The summed E-state index contributed by atoms with van der Waals surface area (Å²) in [5.74, 6) is -0.128. The number of aryl methyl sites for hydroxylation is 1. The lowest BCUT2D eigenvalue weighted by molar-refractivity contribution is -0.136. The molecule has 1 N–H and O–H groups in total. The minimum absolute atomic E-state index is 0.396. The minimum atomic E-state index is -0.844. The molecule has 0 aromatic heterocycles. The number of carbonyl (C=O) groups is 1. The highest BCUT2D eigenvalue weighted by atomic mass is 35.5. The maximum atomic E-state index is 11.6. The van der Waals surface area contributed by atoms with Crippen LogP contribution in [-0.2, 0) is 11.2 Å². The van der Waals surface area contributed by atoms with E-state index in [4.69, 9.17) is 16.3 Å². The van der Waals surface area contributed by atoms with Crippen LogP contribution in [0.1, 0.15) is 11.1 Å². The number of hydrogen-bond donors (Lipinski definition) is 1. The summed E-state index contributed by atoms with van der Waals surface area (Å²) in [6.07, 6.45) is 0.396. The van der Waals surface area contributed by atoms with Crippen molar-refractivity contribution in [3.05, 3.63) is 58.6 Å². The first kappa shape index (κ1) is 16.7. The fraction of sp³-hybridized carbons (Fsp3) is 0.235. The third-order valence-electron chi connectivity index (χ3n) is 3.21. The van der Waals surface area contributed by atoms with E-state index in [0.717, 1.165) is 16.0 Å². The number of aliphatic carboxylic acids is 1. The van der Waals surface area contributed by atoms with Crippen molar-refractivity contribution >= 4 is 29.3 Å². The molecule has 0 saturated carbocycles. The van der Waals surface area contributed by atoms with Crippen LogP contribution in [0.25, 0.3) is 0 Å². The lowest BCUT2D eigenvalue weighted by Gasteiger charge is -2.15. The van der Waals surface area contributed by atoms with Crippen molar-refractivity contribution in [2.75, 3.05) is 7.11 Å². The number of halogens is 1. The quantitative estimate of drug-likeness (QED) is 0.792. The Bertz CT molecular complexity index is 655. The number of hydrogen-bond acceptors (Lipinski definition) is 3. The van der Waals surface area contributed by atoms with Crippen LogP contribution in [0, 0.1) is 6.92 Å². The lowest BCUT2D eigenvalue weighted by Crippen LogP contribution is -2.19. The molecule has 2 aromatic carbocycles. The van der Waals surface area contributed by atoms with Crippen molar-refractivity contribution in [2.24, 2.45) is 0 Å². The van der Waals surface area contributed by atoms with Crippen molar-refractivity contribution in [3.8, 4) is 5.75 Å². The monoisotopic (exact) mass is 336 g/mol. The van der Waals surface area contributed by atoms with Gasteiger partial charge in [0.1, 0.15) is 11.0 Å². The van der Waals surface area contributed by atoms with Gasteiger partial charge < -0.3 is 9.84 Å². The van der Waals surface area contributed by atoms with Crippen molar-refractivity contribution in [3.63, 3.8) is 0 Å². The molecule has 0 fully saturated rings. The second kappa shape index (κ2) is 7.56. The molecular formula is C17H17ClO3S. The van der Waals surface area contributed by atoms with Gasteiger partial charge in [0.25, 0.3) is 0 Å². The Kier molecular flexibility index (Phi) is 5.75. The van der Waals surface area contributed by atoms with Gasteiger partial charge in [0, 0.05) is 9.92 Å². The van der Waals surface area contributed by atoms with E-state index in [1.807, 2.05) is 37.3 Å². The molecule has 0 radical (unpaired) electrons. The molecule has 0 bridgehead atoms. The van der Waals surface area contributed by atoms with E-state index >= 15 is 0 Å². The summed E-state index contributed by atoms with van der Waals surface area (Å²) in [5, 5.41) is 9.55. The standard InChI is InChI=1S/C17H17ClO3S/c1-11-3-8-15(21-2)12(9-11)10-16(17(19)20)22-14-6-4-13(18)5-7-14/h3-9,16H,10H2,1-2H3,(H,19,20)/t16-/m0/s1. The first-order valence-electron chi connectivity index (χ1n) is 6.78. The van der Waals surface area contributed by atoms with E-state index in [9.17, 15) is 9.90 Å². The number of carboxylic acids is 1. The van der Waals surface area contributed by atoms with Gasteiger partial charge >= 0.3 is 5.97 Å². The molecule has 0 aliphatic rings. The molecule has 0 spiro atoms. The van der Waals surface area contributed by atoms with Crippen molar-refractivity contribution in [1.82, 2.24) is 0 Å². The second-order valence-electron chi connectivity index (χ2n) is 4.92. The Hall–Kier alpha value is -1.65. The van der Waals surface area contributed by atoms with E-state index in [-0.39, 0.29) is 0 Å². The van der Waals surface area contributed by atoms with Crippen molar-refractivity contribution in [2.45, 2.75) is 23.5 Å². The molecule has 2 rings (SSSR count). The fourth-order valence-electron chi connectivity index (χ4n) is 2.12. The Morgan fingerprint density at radius 2 is 1.95 bits per heavy atom. The van der Waals surface area contributed by atoms with Crippen LogP contribution >= 0.6 is 23.4 Å². The highest BCUT2D eigenvalue weighted by molar-refractivity contribution is 8.00. The number of carboxylic acid groups (broad SMARTS) is 1. The SMILES string of the molecule is COc1ccc(C)cc1C[C@H](Sc1ccc(Cl)cc1)C(=O)O. The molecular weight excluding hydrogens is 320 g/mol. The van der Waals surface area contributed by atoms with E-state index < -0.39 is 11.2 Å².